The molecule has 0 aliphatic carbocycles. The number of aromatic nitrogens is 1. The van der Waals surface area contributed by atoms with Crippen LogP contribution in [0.1, 0.15) is 55.4 Å². The van der Waals surface area contributed by atoms with Gasteiger partial charge in [-0.3, -0.25) is 4.98 Å². The number of pyridine rings is 1. The number of nitrogens with zero attached hydrogens (tertiary/aromatic N) is 1. The van der Waals surface area contributed by atoms with Crippen molar-refractivity contribution in [2.75, 3.05) is 0 Å². The van der Waals surface area contributed by atoms with Crippen molar-refractivity contribution < 1.29 is 7.16 Å². The topological polar surface area (TPSA) is 26.0 Å². The maximum atomic E-state index is 8.81. The van der Waals surface area contributed by atoms with Crippen LogP contribution in [0.5, 0.6) is 0 Å². The van der Waals surface area contributed by atoms with Gasteiger partial charge in [0.15, 0.2) is 0 Å². The first kappa shape index (κ1) is 20.0. The van der Waals surface area contributed by atoms with Crippen LogP contribution in [0, 0.1) is 5.41 Å². The van der Waals surface area contributed by atoms with Crippen LogP contribution in [-0.2, 0) is 11.8 Å². The Bertz CT molecular complexity index is 1580. The van der Waals surface area contributed by atoms with Gasteiger partial charge in [-0.25, -0.2) is 0 Å². The SMILES string of the molecule is [2H]C([2H])(c1cccc2oc(-c3ccnc(-c4cc(C(C)(C)C)c5ccccc5c4)c3)cc12)C(C)(C)C. The first-order valence-electron chi connectivity index (χ1n) is 12.9. The Hall–Kier alpha value is -3.39. The summed E-state index contributed by atoms with van der Waals surface area (Å²) in [4.78, 5) is 4.71. The summed E-state index contributed by atoms with van der Waals surface area (Å²) in [6, 6.07) is 24.6. The fourth-order valence-electron chi connectivity index (χ4n) is 4.54. The van der Waals surface area contributed by atoms with Gasteiger partial charge in [-0.05, 0) is 75.5 Å². The molecule has 0 fully saturated rings. The minimum Gasteiger partial charge on any atom is -0.456 e. The highest BCUT2D eigenvalue weighted by Gasteiger charge is 2.19. The van der Waals surface area contributed by atoms with Crippen LogP contribution < -0.4 is 0 Å². The van der Waals surface area contributed by atoms with E-state index < -0.39 is 11.8 Å². The maximum Gasteiger partial charge on any atom is 0.135 e. The van der Waals surface area contributed by atoms with Gasteiger partial charge in [0.1, 0.15) is 11.3 Å². The van der Waals surface area contributed by atoms with Crippen molar-refractivity contribution in [3.05, 3.63) is 90.1 Å². The fourth-order valence-corrected chi connectivity index (χ4v) is 4.54. The summed E-state index contributed by atoms with van der Waals surface area (Å²) in [7, 11) is 0. The molecule has 34 heavy (non-hydrogen) atoms. The standard InChI is InChI=1S/C32H33NO/c1-31(2,3)20-23-11-9-13-29-26(23)19-30(34-29)22-14-15-33-28(18-22)24-16-21-10-7-8-12-25(21)27(17-24)32(4,5)6/h7-19H,20H2,1-6H3/i20D2. The molecular formula is C32H33NO. The molecule has 5 aromatic rings. The molecule has 2 heteroatoms. The maximum absolute atomic E-state index is 8.81. The molecular weight excluding hydrogens is 414 g/mol. The Kier molecular flexibility index (Phi) is 4.79. The summed E-state index contributed by atoms with van der Waals surface area (Å²) in [6.45, 7) is 12.5. The molecule has 0 spiro atoms. The van der Waals surface area contributed by atoms with E-state index in [0.717, 1.165) is 22.2 Å². The second-order valence-corrected chi connectivity index (χ2v) is 11.1. The van der Waals surface area contributed by atoms with Crippen LogP contribution in [0.4, 0.5) is 0 Å². The lowest BCUT2D eigenvalue weighted by molar-refractivity contribution is 0.412. The minimum atomic E-state index is -1.51. The number of rotatable bonds is 3. The molecule has 2 heterocycles. The predicted molar refractivity (Wildman–Crippen MR) is 144 cm³/mol. The Morgan fingerprint density at radius 1 is 0.794 bits per heavy atom. The zero-order chi connectivity index (χ0) is 25.9. The lowest BCUT2D eigenvalue weighted by atomic mass is 9.82. The van der Waals surface area contributed by atoms with Gasteiger partial charge < -0.3 is 4.42 Å². The predicted octanol–water partition coefficient (Wildman–Crippen LogP) is 9.20. The fraction of sp³-hybridized carbons (Fsp3) is 0.281. The van der Waals surface area contributed by atoms with Gasteiger partial charge in [-0.2, -0.15) is 0 Å². The molecule has 0 bridgehead atoms. The Labute approximate surface area is 205 Å². The zero-order valence-electron chi connectivity index (χ0n) is 22.9. The quantitative estimate of drug-likeness (QED) is 0.274. The van der Waals surface area contributed by atoms with Crippen molar-refractivity contribution in [1.82, 2.24) is 4.98 Å². The highest BCUT2D eigenvalue weighted by molar-refractivity contribution is 5.91. The number of fused-ring (bicyclic) bond motifs is 2. The lowest BCUT2D eigenvalue weighted by Gasteiger charge is -2.22. The molecule has 0 N–H and O–H groups in total. The summed E-state index contributed by atoms with van der Waals surface area (Å²) in [5.74, 6) is 0.711. The molecule has 0 radical (unpaired) electrons. The molecule has 2 aromatic heterocycles. The van der Waals surface area contributed by atoms with E-state index in [1.165, 1.54) is 16.3 Å². The van der Waals surface area contributed by atoms with Gasteiger partial charge >= 0.3 is 0 Å². The van der Waals surface area contributed by atoms with E-state index in [1.807, 2.05) is 57.3 Å². The van der Waals surface area contributed by atoms with Gasteiger partial charge in [0.05, 0.1) is 5.69 Å². The third kappa shape index (κ3) is 4.37. The highest BCUT2D eigenvalue weighted by atomic mass is 16.3. The van der Waals surface area contributed by atoms with E-state index in [-0.39, 0.29) is 5.41 Å². The van der Waals surface area contributed by atoms with Gasteiger partial charge in [0, 0.05) is 25.5 Å². The van der Waals surface area contributed by atoms with Gasteiger partial charge in [0.2, 0.25) is 0 Å². The summed E-state index contributed by atoms with van der Waals surface area (Å²) >= 11 is 0. The molecule has 0 saturated heterocycles. The van der Waals surface area contributed by atoms with Crippen LogP contribution >= 0.6 is 0 Å². The van der Waals surface area contributed by atoms with Crippen molar-refractivity contribution in [1.29, 1.82) is 0 Å². The van der Waals surface area contributed by atoms with Crippen molar-refractivity contribution in [2.24, 2.45) is 5.41 Å². The van der Waals surface area contributed by atoms with Crippen LogP contribution in [0.2, 0.25) is 0 Å². The first-order chi connectivity index (χ1) is 16.9. The van der Waals surface area contributed by atoms with Crippen LogP contribution in [-0.4, -0.2) is 4.98 Å². The second kappa shape index (κ2) is 8.13. The summed E-state index contributed by atoms with van der Waals surface area (Å²) < 4.78 is 23.9. The van der Waals surface area contributed by atoms with Crippen molar-refractivity contribution in [3.63, 3.8) is 0 Å². The molecule has 0 atom stereocenters. The minimum absolute atomic E-state index is 0.00552. The molecule has 3 aromatic carbocycles. The van der Waals surface area contributed by atoms with E-state index >= 15 is 0 Å². The number of benzene rings is 3. The Balaban J connectivity index is 1.64. The van der Waals surface area contributed by atoms with Crippen molar-refractivity contribution >= 4 is 21.7 Å². The van der Waals surface area contributed by atoms with Crippen LogP contribution in [0.3, 0.4) is 0 Å². The smallest absolute Gasteiger partial charge is 0.135 e. The van der Waals surface area contributed by atoms with E-state index in [1.54, 1.807) is 0 Å². The molecule has 0 aliphatic rings. The molecule has 172 valence electrons. The summed E-state index contributed by atoms with van der Waals surface area (Å²) in [5, 5.41) is 3.28. The second-order valence-electron chi connectivity index (χ2n) is 11.1. The van der Waals surface area contributed by atoms with E-state index in [9.17, 15) is 0 Å². The number of hydrogen-bond acceptors (Lipinski definition) is 2. The monoisotopic (exact) mass is 449 g/mol. The van der Waals surface area contributed by atoms with Crippen LogP contribution in [0.25, 0.3) is 44.3 Å². The number of furan rings is 1. The first-order valence-corrected chi connectivity index (χ1v) is 11.9. The summed E-state index contributed by atoms with van der Waals surface area (Å²) in [6.07, 6.45) is 0.310. The van der Waals surface area contributed by atoms with Crippen LogP contribution in [0.15, 0.2) is 83.4 Å². The largest absolute Gasteiger partial charge is 0.456 e. The lowest BCUT2D eigenvalue weighted by Crippen LogP contribution is -2.12. The van der Waals surface area contributed by atoms with E-state index in [0.29, 0.717) is 16.9 Å². The molecule has 0 aliphatic heterocycles. The summed E-state index contributed by atoms with van der Waals surface area (Å²) in [5.41, 5.74) is 4.95. The van der Waals surface area contributed by atoms with Gasteiger partial charge in [-0.1, -0.05) is 77.9 Å². The average Bonchev–Trinajstić information content (AvgIpc) is 3.26. The molecule has 5 rings (SSSR count). The molecule has 2 nitrogen and oxygen atoms in total. The van der Waals surface area contributed by atoms with Crippen molar-refractivity contribution in [3.8, 4) is 22.6 Å². The average molecular weight is 450 g/mol. The normalized spacial score (nSPS) is 13.8. The van der Waals surface area contributed by atoms with Crippen molar-refractivity contribution in [2.45, 2.75) is 53.3 Å². The highest BCUT2D eigenvalue weighted by Crippen LogP contribution is 2.37. The Morgan fingerprint density at radius 2 is 1.59 bits per heavy atom. The van der Waals surface area contributed by atoms with Gasteiger partial charge in [0.25, 0.3) is 0 Å². The van der Waals surface area contributed by atoms with E-state index in [2.05, 4.69) is 63.2 Å². The third-order valence-corrected chi connectivity index (χ3v) is 6.08. The van der Waals surface area contributed by atoms with E-state index in [4.69, 9.17) is 12.1 Å². The molecule has 0 amide bonds. The molecule has 0 unspecified atom stereocenters. The zero-order valence-corrected chi connectivity index (χ0v) is 20.9. The molecule has 0 saturated carbocycles. The number of hydrogen-bond donors (Lipinski definition) is 0. The third-order valence-electron chi connectivity index (χ3n) is 6.08. The van der Waals surface area contributed by atoms with Gasteiger partial charge in [-0.15, -0.1) is 0 Å². The Morgan fingerprint density at radius 3 is 2.35 bits per heavy atom.